The minimum atomic E-state index is -0.742. The first kappa shape index (κ1) is 23.6. The van der Waals surface area contributed by atoms with Gasteiger partial charge in [0.2, 0.25) is 0 Å². The van der Waals surface area contributed by atoms with Gasteiger partial charge < -0.3 is 20.7 Å². The second-order valence-corrected chi connectivity index (χ2v) is 7.88. The number of nitrogens with one attached hydrogen (secondary N) is 3. The van der Waals surface area contributed by atoms with Crippen molar-refractivity contribution in [2.24, 2.45) is 0 Å². The van der Waals surface area contributed by atoms with Gasteiger partial charge in [-0.1, -0.05) is 39.0 Å². The molecule has 0 atom stereocenters. The minimum absolute atomic E-state index is 0.0247. The van der Waals surface area contributed by atoms with E-state index in [1.54, 1.807) is 30.3 Å². The molecule has 8 heteroatoms. The highest BCUT2D eigenvalue weighted by Gasteiger charge is 2.15. The highest BCUT2D eigenvalue weighted by Crippen LogP contribution is 2.22. The number of amides is 3. The number of hydrogen-bond donors (Lipinski definition) is 3. The minimum Gasteiger partial charge on any atom is -0.454 e. The summed E-state index contributed by atoms with van der Waals surface area (Å²) >= 11 is 0. The van der Waals surface area contributed by atoms with E-state index < -0.39 is 24.4 Å². The summed E-state index contributed by atoms with van der Waals surface area (Å²) in [6.45, 7) is 5.35. The summed E-state index contributed by atoms with van der Waals surface area (Å²) in [5, 5.41) is 7.50. The van der Waals surface area contributed by atoms with Gasteiger partial charge in [0.25, 0.3) is 17.7 Å². The molecule has 0 aliphatic rings. The Balaban J connectivity index is 1.78. The number of carbonyl (C=O) groups excluding carboxylic acids is 4. The van der Waals surface area contributed by atoms with E-state index in [0.717, 1.165) is 5.56 Å². The summed E-state index contributed by atoms with van der Waals surface area (Å²) in [7, 11) is 1.51. The molecule has 0 aromatic heterocycles. The van der Waals surface area contributed by atoms with E-state index in [-0.39, 0.29) is 17.9 Å². The smallest absolute Gasteiger partial charge is 0.325 e. The van der Waals surface area contributed by atoms with Crippen LogP contribution in [-0.4, -0.2) is 43.9 Å². The molecule has 0 unspecified atom stereocenters. The van der Waals surface area contributed by atoms with Crippen molar-refractivity contribution in [3.8, 4) is 0 Å². The van der Waals surface area contributed by atoms with Crippen LogP contribution < -0.4 is 16.0 Å². The van der Waals surface area contributed by atoms with E-state index in [2.05, 4.69) is 36.7 Å². The molecule has 8 nitrogen and oxygen atoms in total. The van der Waals surface area contributed by atoms with Crippen LogP contribution in [0.3, 0.4) is 0 Å². The molecule has 0 aliphatic heterocycles. The van der Waals surface area contributed by atoms with Gasteiger partial charge in [-0.2, -0.15) is 0 Å². The molecule has 0 bridgehead atoms. The van der Waals surface area contributed by atoms with Crippen LogP contribution in [0, 0.1) is 0 Å². The largest absolute Gasteiger partial charge is 0.454 e. The molecule has 0 saturated carbocycles. The molecule has 2 aromatic rings. The number of esters is 1. The summed E-state index contributed by atoms with van der Waals surface area (Å²) in [6, 6.07) is 13.5. The Hall–Kier alpha value is -3.68. The van der Waals surface area contributed by atoms with E-state index in [0.29, 0.717) is 16.8 Å². The fourth-order valence-electron chi connectivity index (χ4n) is 2.65. The summed E-state index contributed by atoms with van der Waals surface area (Å²) < 4.78 is 4.88. The van der Waals surface area contributed by atoms with Crippen molar-refractivity contribution in [2.45, 2.75) is 26.2 Å². The number of benzene rings is 2. The SMILES string of the molecule is CNC(=O)c1cccc(NC(=O)COC(=O)CNC(=O)c2ccc(C(C)(C)C)cc2)c1. The van der Waals surface area contributed by atoms with Crippen molar-refractivity contribution in [3.05, 3.63) is 65.2 Å². The molecular weight excluding hydrogens is 398 g/mol. The summed E-state index contributed by atoms with van der Waals surface area (Å²) in [4.78, 5) is 47.6. The van der Waals surface area contributed by atoms with Crippen LogP contribution in [0.15, 0.2) is 48.5 Å². The van der Waals surface area contributed by atoms with Crippen LogP contribution in [0.5, 0.6) is 0 Å². The van der Waals surface area contributed by atoms with Crippen LogP contribution in [0.1, 0.15) is 47.1 Å². The van der Waals surface area contributed by atoms with Crippen LogP contribution in [0.4, 0.5) is 5.69 Å². The van der Waals surface area contributed by atoms with Crippen molar-refractivity contribution in [2.75, 3.05) is 25.5 Å². The number of hydrogen-bond acceptors (Lipinski definition) is 5. The molecule has 2 rings (SSSR count). The third-order valence-electron chi connectivity index (χ3n) is 4.41. The number of ether oxygens (including phenoxy) is 1. The molecule has 164 valence electrons. The molecule has 3 N–H and O–H groups in total. The maximum atomic E-state index is 12.2. The van der Waals surface area contributed by atoms with Crippen LogP contribution in [-0.2, 0) is 19.7 Å². The molecule has 2 aromatic carbocycles. The highest BCUT2D eigenvalue weighted by molar-refractivity contribution is 5.98. The first-order valence-corrected chi connectivity index (χ1v) is 9.76. The monoisotopic (exact) mass is 425 g/mol. The number of anilines is 1. The molecule has 0 spiro atoms. The van der Waals surface area contributed by atoms with Gasteiger partial charge in [0.15, 0.2) is 6.61 Å². The van der Waals surface area contributed by atoms with Crippen molar-refractivity contribution < 1.29 is 23.9 Å². The lowest BCUT2D eigenvalue weighted by atomic mass is 9.87. The zero-order chi connectivity index (χ0) is 23.0. The molecule has 0 radical (unpaired) electrons. The maximum absolute atomic E-state index is 12.2. The highest BCUT2D eigenvalue weighted by atomic mass is 16.5. The average Bonchev–Trinajstić information content (AvgIpc) is 2.75. The van der Waals surface area contributed by atoms with E-state index in [1.165, 1.54) is 13.1 Å². The van der Waals surface area contributed by atoms with Crippen LogP contribution in [0.25, 0.3) is 0 Å². The lowest BCUT2D eigenvalue weighted by Gasteiger charge is -2.19. The van der Waals surface area contributed by atoms with Gasteiger partial charge in [-0.3, -0.25) is 19.2 Å². The standard InChI is InChI=1S/C23H27N3O5/c1-23(2,3)17-10-8-15(9-11-17)22(30)25-13-20(28)31-14-19(27)26-18-7-5-6-16(12-18)21(29)24-4/h5-12H,13-14H2,1-4H3,(H,24,29)(H,25,30)(H,26,27). The lowest BCUT2D eigenvalue weighted by molar-refractivity contribution is -0.146. The predicted molar refractivity (Wildman–Crippen MR) is 117 cm³/mol. The predicted octanol–water partition coefficient (Wildman–Crippen LogP) is 2.26. The van der Waals surface area contributed by atoms with Gasteiger partial charge in [0.05, 0.1) is 0 Å². The van der Waals surface area contributed by atoms with Crippen LogP contribution in [0.2, 0.25) is 0 Å². The van der Waals surface area contributed by atoms with E-state index in [1.807, 2.05) is 12.1 Å². The van der Waals surface area contributed by atoms with Crippen molar-refractivity contribution >= 4 is 29.4 Å². The fraction of sp³-hybridized carbons (Fsp3) is 0.304. The first-order valence-electron chi connectivity index (χ1n) is 9.76. The second kappa shape index (κ2) is 10.4. The molecule has 0 saturated heterocycles. The van der Waals surface area contributed by atoms with Gasteiger partial charge in [-0.15, -0.1) is 0 Å². The summed E-state index contributed by atoms with van der Waals surface area (Å²) in [5.41, 5.74) is 2.28. The Morgan fingerprint density at radius 1 is 0.903 bits per heavy atom. The Kier molecular flexibility index (Phi) is 7.90. The van der Waals surface area contributed by atoms with Crippen LogP contribution >= 0.6 is 0 Å². The van der Waals surface area contributed by atoms with Crippen molar-refractivity contribution in [3.63, 3.8) is 0 Å². The molecule has 0 fully saturated rings. The van der Waals surface area contributed by atoms with Gasteiger partial charge in [-0.05, 0) is 41.3 Å². The molecular formula is C23H27N3O5. The van der Waals surface area contributed by atoms with Gasteiger partial charge >= 0.3 is 5.97 Å². The Labute approximate surface area is 181 Å². The van der Waals surface area contributed by atoms with E-state index in [4.69, 9.17) is 4.74 Å². The first-order chi connectivity index (χ1) is 14.6. The van der Waals surface area contributed by atoms with Gasteiger partial charge in [-0.25, -0.2) is 0 Å². The number of rotatable bonds is 7. The number of carbonyl (C=O) groups is 4. The van der Waals surface area contributed by atoms with E-state index >= 15 is 0 Å². The van der Waals surface area contributed by atoms with Crippen molar-refractivity contribution in [1.29, 1.82) is 0 Å². The third-order valence-corrected chi connectivity index (χ3v) is 4.41. The molecule has 0 heterocycles. The normalized spacial score (nSPS) is 10.7. The quantitative estimate of drug-likeness (QED) is 0.589. The summed E-state index contributed by atoms with van der Waals surface area (Å²) in [6.07, 6.45) is 0. The van der Waals surface area contributed by atoms with Crippen molar-refractivity contribution in [1.82, 2.24) is 10.6 Å². The lowest BCUT2D eigenvalue weighted by Crippen LogP contribution is -2.32. The zero-order valence-corrected chi connectivity index (χ0v) is 18.1. The average molecular weight is 425 g/mol. The topological polar surface area (TPSA) is 114 Å². The molecule has 3 amide bonds. The maximum Gasteiger partial charge on any atom is 0.325 e. The van der Waals surface area contributed by atoms with Gasteiger partial charge in [0.1, 0.15) is 6.54 Å². The van der Waals surface area contributed by atoms with E-state index in [9.17, 15) is 19.2 Å². The Morgan fingerprint density at radius 2 is 1.58 bits per heavy atom. The molecule has 31 heavy (non-hydrogen) atoms. The third kappa shape index (κ3) is 7.26. The second-order valence-electron chi connectivity index (χ2n) is 7.88. The zero-order valence-electron chi connectivity index (χ0n) is 18.1. The Morgan fingerprint density at radius 3 is 2.19 bits per heavy atom. The summed E-state index contributed by atoms with van der Waals surface area (Å²) in [5.74, 6) is -2.00. The Bertz CT molecular complexity index is 962. The fourth-order valence-corrected chi connectivity index (χ4v) is 2.65. The molecule has 0 aliphatic carbocycles. The van der Waals surface area contributed by atoms with Gasteiger partial charge in [0, 0.05) is 23.9 Å².